The van der Waals surface area contributed by atoms with E-state index < -0.39 is 22.0 Å². The fourth-order valence-corrected chi connectivity index (χ4v) is 3.69. The first-order valence-corrected chi connectivity index (χ1v) is 10.5. The third kappa shape index (κ3) is 6.21. The largest absolute Gasteiger partial charge is 0.497 e. The number of anilines is 2. The van der Waals surface area contributed by atoms with Crippen molar-refractivity contribution in [3.63, 3.8) is 0 Å². The van der Waals surface area contributed by atoms with Crippen molar-refractivity contribution in [1.29, 1.82) is 0 Å². The van der Waals surface area contributed by atoms with E-state index in [4.69, 9.17) is 4.74 Å². The van der Waals surface area contributed by atoms with Gasteiger partial charge < -0.3 is 15.4 Å². The van der Waals surface area contributed by atoms with Crippen LogP contribution in [-0.4, -0.2) is 33.4 Å². The highest BCUT2D eigenvalue weighted by atomic mass is 32.2. The monoisotopic (exact) mass is 419 g/mol. The fraction of sp³-hybridized carbons (Fsp3) is 0.300. The van der Waals surface area contributed by atoms with Gasteiger partial charge in [0.1, 0.15) is 11.8 Å². The van der Waals surface area contributed by atoms with Gasteiger partial charge in [-0.3, -0.25) is 14.3 Å². The lowest BCUT2D eigenvalue weighted by atomic mass is 10.0. The quantitative estimate of drug-likeness (QED) is 0.609. The molecular formula is C20H25N3O5S. The Balaban J connectivity index is 2.18. The van der Waals surface area contributed by atoms with Crippen LogP contribution >= 0.6 is 0 Å². The van der Waals surface area contributed by atoms with Crippen molar-refractivity contribution in [3.05, 3.63) is 48.5 Å². The molecule has 2 aromatic carbocycles. The van der Waals surface area contributed by atoms with E-state index in [1.165, 1.54) is 32.2 Å². The molecule has 3 N–H and O–H groups in total. The first-order chi connectivity index (χ1) is 13.6. The molecule has 0 saturated carbocycles. The van der Waals surface area contributed by atoms with Gasteiger partial charge in [0.15, 0.2) is 0 Å². The minimum Gasteiger partial charge on any atom is -0.497 e. The maximum absolute atomic E-state index is 12.7. The number of hydrogen-bond donors (Lipinski definition) is 3. The first kappa shape index (κ1) is 22.2. The number of rotatable bonds is 8. The molecule has 0 radical (unpaired) electrons. The molecule has 0 bridgehead atoms. The van der Waals surface area contributed by atoms with E-state index in [0.29, 0.717) is 17.1 Å². The van der Waals surface area contributed by atoms with E-state index in [9.17, 15) is 18.0 Å². The number of ether oxygens (including phenoxy) is 1. The van der Waals surface area contributed by atoms with Crippen LogP contribution in [0.15, 0.2) is 53.4 Å². The van der Waals surface area contributed by atoms with Crippen molar-refractivity contribution < 1.29 is 22.7 Å². The average molecular weight is 420 g/mol. The third-order valence-electron chi connectivity index (χ3n) is 4.06. The molecule has 0 aliphatic rings. The van der Waals surface area contributed by atoms with Crippen LogP contribution in [0.4, 0.5) is 11.4 Å². The molecule has 2 rings (SSSR count). The van der Waals surface area contributed by atoms with Crippen LogP contribution in [0.3, 0.4) is 0 Å². The van der Waals surface area contributed by atoms with Gasteiger partial charge in [-0.05, 0) is 48.4 Å². The number of sulfonamides is 1. The van der Waals surface area contributed by atoms with Crippen molar-refractivity contribution in [2.45, 2.75) is 31.7 Å². The molecule has 156 valence electrons. The number of amides is 2. The smallest absolute Gasteiger partial charge is 0.261 e. The van der Waals surface area contributed by atoms with Crippen LogP contribution in [0.5, 0.6) is 5.75 Å². The summed E-state index contributed by atoms with van der Waals surface area (Å²) in [5, 5.41) is 5.25. The van der Waals surface area contributed by atoms with Crippen molar-refractivity contribution in [2.75, 3.05) is 17.1 Å². The lowest BCUT2D eigenvalue weighted by Crippen LogP contribution is -2.46. The summed E-state index contributed by atoms with van der Waals surface area (Å²) < 4.78 is 32.9. The summed E-state index contributed by atoms with van der Waals surface area (Å²) in [5.41, 5.74) is 0.689. The van der Waals surface area contributed by atoms with Gasteiger partial charge >= 0.3 is 0 Å². The molecule has 0 aliphatic carbocycles. The summed E-state index contributed by atoms with van der Waals surface area (Å²) in [6.07, 6.45) is 0. The molecule has 9 heteroatoms. The predicted molar refractivity (Wildman–Crippen MR) is 111 cm³/mol. The molecule has 2 aromatic rings. The Morgan fingerprint density at radius 2 is 1.66 bits per heavy atom. The third-order valence-corrected chi connectivity index (χ3v) is 5.44. The second-order valence-electron chi connectivity index (χ2n) is 6.77. The lowest BCUT2D eigenvalue weighted by Gasteiger charge is -2.21. The Labute approximate surface area is 170 Å². The van der Waals surface area contributed by atoms with E-state index in [-0.39, 0.29) is 16.7 Å². The van der Waals surface area contributed by atoms with E-state index in [0.717, 1.165) is 0 Å². The van der Waals surface area contributed by atoms with Crippen molar-refractivity contribution in [2.24, 2.45) is 5.92 Å². The molecular weight excluding hydrogens is 394 g/mol. The van der Waals surface area contributed by atoms with Gasteiger partial charge in [0.05, 0.1) is 12.0 Å². The van der Waals surface area contributed by atoms with E-state index in [1.54, 1.807) is 44.2 Å². The predicted octanol–water partition coefficient (Wildman–Crippen LogP) is 2.60. The van der Waals surface area contributed by atoms with Gasteiger partial charge in [-0.2, -0.15) is 0 Å². The molecule has 1 atom stereocenters. The van der Waals surface area contributed by atoms with E-state index in [2.05, 4.69) is 15.4 Å². The summed E-state index contributed by atoms with van der Waals surface area (Å²) in [5.74, 6) is -0.272. The lowest BCUT2D eigenvalue weighted by molar-refractivity contribution is -0.126. The van der Waals surface area contributed by atoms with Crippen LogP contribution in [0.1, 0.15) is 20.8 Å². The number of benzene rings is 2. The average Bonchev–Trinajstić information content (AvgIpc) is 2.66. The maximum atomic E-state index is 12.7. The van der Waals surface area contributed by atoms with Gasteiger partial charge in [0, 0.05) is 18.3 Å². The van der Waals surface area contributed by atoms with Gasteiger partial charge in [0.25, 0.3) is 10.0 Å². The van der Waals surface area contributed by atoms with Crippen molar-refractivity contribution in [1.82, 2.24) is 5.32 Å². The Kier molecular flexibility index (Phi) is 7.22. The van der Waals surface area contributed by atoms with Gasteiger partial charge in [-0.25, -0.2) is 8.42 Å². The fourth-order valence-electron chi connectivity index (χ4n) is 2.59. The van der Waals surface area contributed by atoms with Crippen LogP contribution in [0, 0.1) is 5.92 Å². The normalized spacial score (nSPS) is 12.2. The molecule has 0 aromatic heterocycles. The zero-order chi connectivity index (χ0) is 21.6. The maximum Gasteiger partial charge on any atom is 0.261 e. The number of hydrogen-bond acceptors (Lipinski definition) is 5. The Morgan fingerprint density at radius 3 is 2.21 bits per heavy atom. The zero-order valence-electron chi connectivity index (χ0n) is 16.7. The topological polar surface area (TPSA) is 114 Å². The minimum absolute atomic E-state index is 0.00765. The molecule has 2 amide bonds. The Hall–Kier alpha value is -3.07. The first-order valence-electron chi connectivity index (χ1n) is 8.97. The standard InChI is InChI=1S/C20H25N3O5S/c1-13(2)19(21-14(3)24)20(25)22-16-6-5-7-18(12-16)29(26,27)23-15-8-10-17(28-4)11-9-15/h5-13,19,23H,1-4H3,(H,21,24)(H,22,25). The zero-order valence-corrected chi connectivity index (χ0v) is 17.5. The van der Waals surface area contributed by atoms with Gasteiger partial charge in [-0.1, -0.05) is 19.9 Å². The van der Waals surface area contributed by atoms with Crippen LogP contribution in [0.2, 0.25) is 0 Å². The summed E-state index contributed by atoms with van der Waals surface area (Å²) >= 11 is 0. The number of carbonyl (C=O) groups excluding carboxylic acids is 2. The molecule has 0 heterocycles. The molecule has 0 spiro atoms. The Morgan fingerprint density at radius 1 is 1.00 bits per heavy atom. The molecule has 29 heavy (non-hydrogen) atoms. The highest BCUT2D eigenvalue weighted by Crippen LogP contribution is 2.21. The summed E-state index contributed by atoms with van der Waals surface area (Å²) in [6, 6.07) is 11.6. The molecule has 0 aliphatic heterocycles. The minimum atomic E-state index is -3.86. The second-order valence-corrected chi connectivity index (χ2v) is 8.46. The number of carbonyl (C=O) groups is 2. The summed E-state index contributed by atoms with van der Waals surface area (Å²) in [6.45, 7) is 4.94. The number of nitrogens with one attached hydrogen (secondary N) is 3. The van der Waals surface area contributed by atoms with Crippen LogP contribution in [0.25, 0.3) is 0 Å². The molecule has 0 saturated heterocycles. The molecule has 0 fully saturated rings. The second kappa shape index (κ2) is 9.42. The van der Waals surface area contributed by atoms with Crippen LogP contribution < -0.4 is 20.1 Å². The van der Waals surface area contributed by atoms with Gasteiger partial charge in [0.2, 0.25) is 11.8 Å². The van der Waals surface area contributed by atoms with Gasteiger partial charge in [-0.15, -0.1) is 0 Å². The highest BCUT2D eigenvalue weighted by molar-refractivity contribution is 7.92. The SMILES string of the molecule is COc1ccc(NS(=O)(=O)c2cccc(NC(=O)C(NC(C)=O)C(C)C)c2)cc1. The van der Waals surface area contributed by atoms with Crippen molar-refractivity contribution >= 4 is 33.2 Å². The highest BCUT2D eigenvalue weighted by Gasteiger charge is 2.23. The van der Waals surface area contributed by atoms with E-state index >= 15 is 0 Å². The summed E-state index contributed by atoms with van der Waals surface area (Å²) in [7, 11) is -2.34. The summed E-state index contributed by atoms with van der Waals surface area (Å²) in [4.78, 5) is 23.8. The van der Waals surface area contributed by atoms with Crippen molar-refractivity contribution in [3.8, 4) is 5.75 Å². The van der Waals surface area contributed by atoms with Crippen LogP contribution in [-0.2, 0) is 19.6 Å². The Bertz CT molecular complexity index is 972. The van der Waals surface area contributed by atoms with E-state index in [1.807, 2.05) is 0 Å². The molecule has 8 nitrogen and oxygen atoms in total. The molecule has 1 unspecified atom stereocenters. The number of methoxy groups -OCH3 is 1.